The zero-order valence-corrected chi connectivity index (χ0v) is 19.8. The normalized spacial score (nSPS) is 18.1. The molecule has 3 amide bonds. The van der Waals surface area contributed by atoms with Crippen LogP contribution >= 0.6 is 0 Å². The summed E-state index contributed by atoms with van der Waals surface area (Å²) >= 11 is 0. The highest BCUT2D eigenvalue weighted by molar-refractivity contribution is 5.99. The summed E-state index contributed by atoms with van der Waals surface area (Å²) in [7, 11) is 0. The monoisotopic (exact) mass is 457 g/mol. The lowest BCUT2D eigenvalue weighted by Crippen LogP contribution is -2.62. The number of hydrogen-bond acceptors (Lipinski definition) is 4. The number of imide groups is 1. The van der Waals surface area contributed by atoms with Gasteiger partial charge in [-0.1, -0.05) is 60.2 Å². The number of nitrogens with one attached hydrogen (secondary N) is 2. The molecule has 0 saturated carbocycles. The summed E-state index contributed by atoms with van der Waals surface area (Å²) in [6.07, 6.45) is 0.0606. The van der Waals surface area contributed by atoms with Crippen LogP contribution in [0.4, 0.5) is 10.5 Å². The van der Waals surface area contributed by atoms with Crippen LogP contribution in [-0.4, -0.2) is 29.1 Å². The van der Waals surface area contributed by atoms with Gasteiger partial charge in [-0.25, -0.2) is 4.79 Å². The summed E-state index contributed by atoms with van der Waals surface area (Å²) in [5.74, 6) is 0.121. The van der Waals surface area contributed by atoms with Crippen LogP contribution in [0, 0.1) is 12.8 Å². The van der Waals surface area contributed by atoms with Gasteiger partial charge in [0.05, 0.1) is 18.6 Å². The van der Waals surface area contributed by atoms with Gasteiger partial charge in [-0.05, 0) is 62.6 Å². The van der Waals surface area contributed by atoms with Crippen LogP contribution < -0.4 is 15.4 Å². The fourth-order valence-corrected chi connectivity index (χ4v) is 4.07. The third kappa shape index (κ3) is 5.76. The molecule has 0 aliphatic carbocycles. The number of carbonyl (C=O) groups is 2. The second kappa shape index (κ2) is 10.4. The number of rotatable bonds is 8. The van der Waals surface area contributed by atoms with Gasteiger partial charge in [0, 0.05) is 5.69 Å². The molecule has 1 heterocycles. The molecule has 2 N–H and O–H groups in total. The van der Waals surface area contributed by atoms with Gasteiger partial charge in [0.1, 0.15) is 11.9 Å². The number of hydrogen-bond donors (Lipinski definition) is 2. The number of aryl methyl sites for hydroxylation is 1. The maximum absolute atomic E-state index is 13.6. The third-order valence-electron chi connectivity index (χ3n) is 5.82. The number of amides is 3. The highest BCUT2D eigenvalue weighted by Gasteiger charge is 2.41. The fraction of sp³-hybridized carbons (Fsp3) is 0.286. The smallest absolute Gasteiger partial charge is 0.326 e. The van der Waals surface area contributed by atoms with Crippen LogP contribution in [0.3, 0.4) is 0 Å². The topological polar surface area (TPSA) is 70.7 Å². The van der Waals surface area contributed by atoms with Crippen LogP contribution in [0.5, 0.6) is 5.75 Å². The number of nitrogens with zero attached hydrogens (tertiary/aromatic N) is 1. The van der Waals surface area contributed by atoms with Crippen molar-refractivity contribution in [1.82, 2.24) is 10.2 Å². The van der Waals surface area contributed by atoms with Crippen molar-refractivity contribution in [3.05, 3.63) is 95.6 Å². The van der Waals surface area contributed by atoms with Gasteiger partial charge in [-0.15, -0.1) is 0 Å². The zero-order valence-electron chi connectivity index (χ0n) is 19.8. The summed E-state index contributed by atoms with van der Waals surface area (Å²) in [6, 6.07) is 24.9. The lowest BCUT2D eigenvalue weighted by molar-refractivity contribution is -0.135. The van der Waals surface area contributed by atoms with Crippen LogP contribution in [-0.2, 0) is 17.8 Å². The van der Waals surface area contributed by atoms with E-state index < -0.39 is 18.1 Å². The van der Waals surface area contributed by atoms with Gasteiger partial charge < -0.3 is 15.4 Å². The molecule has 2 atom stereocenters. The Bertz CT molecular complexity index is 1110. The molecule has 6 nitrogen and oxygen atoms in total. The first-order valence-corrected chi connectivity index (χ1v) is 11.6. The second-order valence-electron chi connectivity index (χ2n) is 8.97. The molecule has 4 rings (SSSR count). The number of ether oxygens (including phenoxy) is 1. The van der Waals surface area contributed by atoms with Crippen LogP contribution in [0.2, 0.25) is 0 Å². The van der Waals surface area contributed by atoms with Crippen molar-refractivity contribution < 1.29 is 14.3 Å². The van der Waals surface area contributed by atoms with Crippen molar-refractivity contribution in [2.75, 3.05) is 5.32 Å². The molecule has 34 heavy (non-hydrogen) atoms. The number of urea groups is 1. The van der Waals surface area contributed by atoms with Crippen molar-refractivity contribution in [2.24, 2.45) is 5.92 Å². The Morgan fingerprint density at radius 3 is 2.24 bits per heavy atom. The van der Waals surface area contributed by atoms with E-state index in [0.29, 0.717) is 6.42 Å². The number of carbonyl (C=O) groups excluding carboxylic acids is 2. The van der Waals surface area contributed by atoms with Gasteiger partial charge >= 0.3 is 6.03 Å². The maximum atomic E-state index is 13.6. The van der Waals surface area contributed by atoms with E-state index in [2.05, 4.69) is 10.6 Å². The summed E-state index contributed by atoms with van der Waals surface area (Å²) in [4.78, 5) is 27.9. The summed E-state index contributed by atoms with van der Waals surface area (Å²) in [6.45, 7) is 6.23. The van der Waals surface area contributed by atoms with Gasteiger partial charge in [-0.3, -0.25) is 9.69 Å². The van der Waals surface area contributed by atoms with Gasteiger partial charge in [0.2, 0.25) is 5.91 Å². The fourth-order valence-electron chi connectivity index (χ4n) is 4.07. The first-order valence-electron chi connectivity index (χ1n) is 11.6. The molecule has 3 aromatic rings. The third-order valence-corrected chi connectivity index (χ3v) is 5.82. The zero-order chi connectivity index (χ0) is 24.1. The number of benzene rings is 3. The first kappa shape index (κ1) is 23.4. The van der Waals surface area contributed by atoms with E-state index in [0.717, 1.165) is 28.1 Å². The molecular formula is C28H31N3O3. The van der Waals surface area contributed by atoms with Crippen LogP contribution in [0.1, 0.15) is 30.5 Å². The summed E-state index contributed by atoms with van der Waals surface area (Å²) in [5, 5.41) is 6.37. The minimum atomic E-state index is -0.537. The van der Waals surface area contributed by atoms with Gasteiger partial charge in [-0.2, -0.15) is 0 Å². The molecule has 0 aromatic heterocycles. The molecule has 6 heteroatoms. The van der Waals surface area contributed by atoms with E-state index in [1.54, 1.807) is 0 Å². The van der Waals surface area contributed by atoms with E-state index in [-0.39, 0.29) is 18.6 Å². The first-order chi connectivity index (χ1) is 16.4. The standard InChI is InChI=1S/C28H31N3O3/c1-19(2)34-24-15-13-23(14-16-24)29-26-25(17-21-11-9-20(3)10-12-21)27(32)31(28(33)30-26)18-22-7-5-4-6-8-22/h4-16,19,25-26,29H,17-18H2,1-3H3,(H,30,33). The van der Waals surface area contributed by atoms with E-state index in [9.17, 15) is 9.59 Å². The van der Waals surface area contributed by atoms with Gasteiger partial charge in [0.15, 0.2) is 0 Å². The van der Waals surface area contributed by atoms with E-state index in [1.165, 1.54) is 4.90 Å². The SMILES string of the molecule is Cc1ccc(CC2C(=O)N(Cc3ccccc3)C(=O)NC2Nc2ccc(OC(C)C)cc2)cc1. The molecule has 1 aliphatic heterocycles. The molecule has 3 aromatic carbocycles. The lowest BCUT2D eigenvalue weighted by Gasteiger charge is -2.38. The summed E-state index contributed by atoms with van der Waals surface area (Å²) in [5.41, 5.74) is 3.93. The highest BCUT2D eigenvalue weighted by Crippen LogP contribution is 2.25. The second-order valence-corrected chi connectivity index (χ2v) is 8.97. The van der Waals surface area contributed by atoms with Crippen molar-refractivity contribution in [3.63, 3.8) is 0 Å². The minimum Gasteiger partial charge on any atom is -0.491 e. The van der Waals surface area contributed by atoms with Gasteiger partial charge in [0.25, 0.3) is 0 Å². The Labute approximate surface area is 200 Å². The molecule has 1 aliphatic rings. The Morgan fingerprint density at radius 2 is 1.59 bits per heavy atom. The molecule has 0 spiro atoms. The average Bonchev–Trinajstić information content (AvgIpc) is 2.82. The van der Waals surface area contributed by atoms with Crippen molar-refractivity contribution in [1.29, 1.82) is 0 Å². The predicted molar refractivity (Wildman–Crippen MR) is 134 cm³/mol. The van der Waals surface area contributed by atoms with Crippen molar-refractivity contribution in [2.45, 2.75) is 46.0 Å². The van der Waals surface area contributed by atoms with Crippen LogP contribution in [0.25, 0.3) is 0 Å². The van der Waals surface area contributed by atoms with Crippen LogP contribution in [0.15, 0.2) is 78.9 Å². The molecule has 0 bridgehead atoms. The van der Waals surface area contributed by atoms with E-state index in [4.69, 9.17) is 4.74 Å². The minimum absolute atomic E-state index is 0.0866. The maximum Gasteiger partial charge on any atom is 0.326 e. The Balaban J connectivity index is 1.56. The molecule has 1 fully saturated rings. The highest BCUT2D eigenvalue weighted by atomic mass is 16.5. The molecule has 1 saturated heterocycles. The molecule has 0 radical (unpaired) electrons. The van der Waals surface area contributed by atoms with E-state index in [1.807, 2.05) is 99.6 Å². The van der Waals surface area contributed by atoms with Crippen molar-refractivity contribution in [3.8, 4) is 5.75 Å². The largest absolute Gasteiger partial charge is 0.491 e. The quantitative estimate of drug-likeness (QED) is 0.492. The Hall–Kier alpha value is -3.80. The Kier molecular flexibility index (Phi) is 7.16. The molecular weight excluding hydrogens is 426 g/mol. The number of anilines is 1. The summed E-state index contributed by atoms with van der Waals surface area (Å²) < 4.78 is 5.72. The van der Waals surface area contributed by atoms with E-state index >= 15 is 0 Å². The lowest BCUT2D eigenvalue weighted by atomic mass is 9.92. The molecule has 2 unspecified atom stereocenters. The Morgan fingerprint density at radius 1 is 0.912 bits per heavy atom. The molecule has 176 valence electrons. The predicted octanol–water partition coefficient (Wildman–Crippen LogP) is 5.13. The van der Waals surface area contributed by atoms with Crippen molar-refractivity contribution >= 4 is 17.6 Å². The average molecular weight is 458 g/mol.